The molecule has 1 aromatic rings. The lowest BCUT2D eigenvalue weighted by molar-refractivity contribution is -0.143. The first-order valence-corrected chi connectivity index (χ1v) is 9.07. The zero-order valence-electron chi connectivity index (χ0n) is 15.2. The number of carbonyl (C=O) groups is 1. The van der Waals surface area contributed by atoms with E-state index in [9.17, 15) is 4.79 Å². The van der Waals surface area contributed by atoms with Crippen LogP contribution < -0.4 is 0 Å². The Morgan fingerprint density at radius 1 is 1.25 bits per heavy atom. The van der Waals surface area contributed by atoms with Gasteiger partial charge in [0.25, 0.3) is 0 Å². The molecule has 0 aromatic heterocycles. The molecule has 24 heavy (non-hydrogen) atoms. The molecule has 1 amide bonds. The average molecular weight is 330 g/mol. The first kappa shape index (κ1) is 17.4. The molecule has 4 heteroatoms. The summed E-state index contributed by atoms with van der Waals surface area (Å²) in [6.07, 6.45) is 1.82. The van der Waals surface area contributed by atoms with E-state index >= 15 is 0 Å². The summed E-state index contributed by atoms with van der Waals surface area (Å²) in [6.45, 7) is 8.60. The molecule has 1 spiro atoms. The second-order valence-electron chi connectivity index (χ2n) is 8.12. The smallest absolute Gasteiger partial charge is 0.222 e. The summed E-state index contributed by atoms with van der Waals surface area (Å²) in [7, 11) is 2.18. The van der Waals surface area contributed by atoms with Crippen molar-refractivity contribution in [2.75, 3.05) is 33.3 Å². The first-order valence-electron chi connectivity index (χ1n) is 9.07. The van der Waals surface area contributed by atoms with Crippen molar-refractivity contribution in [2.24, 2.45) is 11.3 Å². The molecule has 0 bridgehead atoms. The summed E-state index contributed by atoms with van der Waals surface area (Å²) < 4.78 is 5.94. The molecule has 132 valence electrons. The maximum absolute atomic E-state index is 12.2. The van der Waals surface area contributed by atoms with E-state index in [0.29, 0.717) is 36.3 Å². The Balaban J connectivity index is 1.43. The summed E-state index contributed by atoms with van der Waals surface area (Å²) in [5, 5.41) is 0. The van der Waals surface area contributed by atoms with Gasteiger partial charge in [-0.05, 0) is 24.9 Å². The van der Waals surface area contributed by atoms with Crippen LogP contribution in [0.4, 0.5) is 0 Å². The molecule has 2 fully saturated rings. The van der Waals surface area contributed by atoms with E-state index in [-0.39, 0.29) is 0 Å². The van der Waals surface area contributed by atoms with Crippen molar-refractivity contribution in [3.05, 3.63) is 35.9 Å². The number of likely N-dealkylation sites (tertiary alicyclic amines) is 2. The van der Waals surface area contributed by atoms with Crippen LogP contribution >= 0.6 is 0 Å². The minimum atomic E-state index is 0.308. The van der Waals surface area contributed by atoms with Crippen LogP contribution in [-0.2, 0) is 16.1 Å². The highest BCUT2D eigenvalue weighted by Gasteiger charge is 2.51. The molecule has 1 atom stereocenters. The van der Waals surface area contributed by atoms with Gasteiger partial charge in [0.2, 0.25) is 5.91 Å². The van der Waals surface area contributed by atoms with Crippen LogP contribution in [0.1, 0.15) is 32.3 Å². The quantitative estimate of drug-likeness (QED) is 0.804. The number of ether oxygens (including phenoxy) is 1. The van der Waals surface area contributed by atoms with Crippen LogP contribution in [0, 0.1) is 11.3 Å². The van der Waals surface area contributed by atoms with Crippen molar-refractivity contribution < 1.29 is 9.53 Å². The number of amides is 1. The summed E-state index contributed by atoms with van der Waals surface area (Å²) >= 11 is 0. The Morgan fingerprint density at radius 3 is 2.62 bits per heavy atom. The number of carbonyl (C=O) groups excluding carboxylic acids is 1. The Bertz CT molecular complexity index is 552. The van der Waals surface area contributed by atoms with Crippen LogP contribution in [-0.4, -0.2) is 55.0 Å². The predicted octanol–water partition coefficient (Wildman–Crippen LogP) is 2.78. The van der Waals surface area contributed by atoms with Gasteiger partial charge in [-0.1, -0.05) is 44.2 Å². The highest BCUT2D eigenvalue weighted by atomic mass is 16.5. The largest absolute Gasteiger partial charge is 0.375 e. The van der Waals surface area contributed by atoms with E-state index in [2.05, 4.69) is 37.9 Å². The third-order valence-corrected chi connectivity index (χ3v) is 5.29. The van der Waals surface area contributed by atoms with Crippen LogP contribution in [0.25, 0.3) is 0 Å². The normalized spacial score (nSPS) is 23.0. The number of nitrogens with zero attached hydrogens (tertiary/aromatic N) is 2. The molecule has 3 rings (SSSR count). The molecule has 2 saturated heterocycles. The molecular formula is C20H30N2O2. The number of likely N-dealkylation sites (N-methyl/N-ethyl adjacent to an activating group) is 1. The standard InChI is InChI=1S/C20H30N2O2/c1-16(2)9-19(23)22-14-20(15-22)10-18(21(3)13-20)12-24-11-17-7-5-4-6-8-17/h4-8,16,18H,9-15H2,1-3H3. The van der Waals surface area contributed by atoms with Gasteiger partial charge in [-0.15, -0.1) is 0 Å². The van der Waals surface area contributed by atoms with E-state index in [1.54, 1.807) is 0 Å². The van der Waals surface area contributed by atoms with Gasteiger partial charge < -0.3 is 14.5 Å². The maximum atomic E-state index is 12.2. The van der Waals surface area contributed by atoms with Gasteiger partial charge in [0.15, 0.2) is 0 Å². The Labute approximate surface area is 145 Å². The summed E-state index contributed by atoms with van der Waals surface area (Å²) in [5.41, 5.74) is 1.53. The number of hydrogen-bond acceptors (Lipinski definition) is 3. The number of hydrogen-bond donors (Lipinski definition) is 0. The minimum Gasteiger partial charge on any atom is -0.375 e. The van der Waals surface area contributed by atoms with Crippen LogP contribution in [0.3, 0.4) is 0 Å². The second kappa shape index (κ2) is 7.24. The van der Waals surface area contributed by atoms with Crippen molar-refractivity contribution in [1.29, 1.82) is 0 Å². The van der Waals surface area contributed by atoms with Crippen LogP contribution in [0.5, 0.6) is 0 Å². The van der Waals surface area contributed by atoms with Gasteiger partial charge in [-0.2, -0.15) is 0 Å². The van der Waals surface area contributed by atoms with Crippen molar-refractivity contribution in [3.63, 3.8) is 0 Å². The first-order chi connectivity index (χ1) is 11.5. The molecule has 0 aliphatic carbocycles. The summed E-state index contributed by atoms with van der Waals surface area (Å²) in [6, 6.07) is 10.8. The fourth-order valence-corrected chi connectivity index (χ4v) is 4.10. The molecule has 4 nitrogen and oxygen atoms in total. The monoisotopic (exact) mass is 330 g/mol. The lowest BCUT2D eigenvalue weighted by Crippen LogP contribution is -2.59. The average Bonchev–Trinajstić information content (AvgIpc) is 2.83. The lowest BCUT2D eigenvalue weighted by atomic mass is 9.77. The van der Waals surface area contributed by atoms with E-state index < -0.39 is 0 Å². The van der Waals surface area contributed by atoms with Crippen LogP contribution in [0.15, 0.2) is 30.3 Å². The van der Waals surface area contributed by atoms with Crippen molar-refractivity contribution >= 4 is 5.91 Å². The summed E-state index contributed by atoms with van der Waals surface area (Å²) in [5.74, 6) is 0.765. The molecule has 1 unspecified atom stereocenters. The SMILES string of the molecule is CC(C)CC(=O)N1CC2(CC(COCc3ccccc3)N(C)C2)C1. The molecule has 0 saturated carbocycles. The van der Waals surface area contributed by atoms with Gasteiger partial charge in [0, 0.05) is 37.5 Å². The fourth-order valence-electron chi connectivity index (χ4n) is 4.10. The molecule has 0 N–H and O–H groups in total. The van der Waals surface area contributed by atoms with Crippen molar-refractivity contribution in [2.45, 2.75) is 39.3 Å². The van der Waals surface area contributed by atoms with E-state index in [1.165, 1.54) is 5.56 Å². The topological polar surface area (TPSA) is 32.8 Å². The maximum Gasteiger partial charge on any atom is 0.222 e. The predicted molar refractivity (Wildman–Crippen MR) is 95.6 cm³/mol. The van der Waals surface area contributed by atoms with Crippen molar-refractivity contribution in [3.8, 4) is 0 Å². The Hall–Kier alpha value is -1.39. The van der Waals surface area contributed by atoms with E-state index in [4.69, 9.17) is 4.74 Å². The highest BCUT2D eigenvalue weighted by molar-refractivity contribution is 5.77. The van der Waals surface area contributed by atoms with Gasteiger partial charge in [-0.25, -0.2) is 0 Å². The minimum absolute atomic E-state index is 0.308. The highest BCUT2D eigenvalue weighted by Crippen LogP contribution is 2.42. The van der Waals surface area contributed by atoms with Gasteiger partial charge >= 0.3 is 0 Å². The van der Waals surface area contributed by atoms with Gasteiger partial charge in [0.05, 0.1) is 13.2 Å². The third kappa shape index (κ3) is 3.98. The fraction of sp³-hybridized carbons (Fsp3) is 0.650. The molecule has 2 aliphatic rings. The van der Waals surface area contributed by atoms with Crippen LogP contribution in [0.2, 0.25) is 0 Å². The molecule has 1 aromatic carbocycles. The van der Waals surface area contributed by atoms with E-state index in [1.807, 2.05) is 23.1 Å². The number of rotatable bonds is 6. The zero-order chi connectivity index (χ0) is 17.2. The summed E-state index contributed by atoms with van der Waals surface area (Å²) in [4.78, 5) is 16.6. The number of benzene rings is 1. The Kier molecular flexibility index (Phi) is 5.26. The zero-order valence-corrected chi connectivity index (χ0v) is 15.2. The lowest BCUT2D eigenvalue weighted by Gasteiger charge is -2.48. The van der Waals surface area contributed by atoms with Crippen molar-refractivity contribution in [1.82, 2.24) is 9.80 Å². The Morgan fingerprint density at radius 2 is 1.96 bits per heavy atom. The van der Waals surface area contributed by atoms with E-state index in [0.717, 1.165) is 32.7 Å². The van der Waals surface area contributed by atoms with Gasteiger partial charge in [0.1, 0.15) is 0 Å². The molecule has 2 heterocycles. The molecule has 2 aliphatic heterocycles. The third-order valence-electron chi connectivity index (χ3n) is 5.29. The van der Waals surface area contributed by atoms with Gasteiger partial charge in [-0.3, -0.25) is 4.79 Å². The molecule has 0 radical (unpaired) electrons. The second-order valence-corrected chi connectivity index (χ2v) is 8.12. The molecular weight excluding hydrogens is 300 g/mol.